The van der Waals surface area contributed by atoms with Crippen molar-refractivity contribution in [2.24, 2.45) is 0 Å². The standard InChI is InChI=1S/C33H34FN5O5/c1-4-43-24-11-9-23(10-12-24)35-32(41)21-5-7-22(8-6-21)36-33(42)26-18-39-20(2)19-44-31-28(39)25(30(26)40)17-27(34)29(31)38-15-13-37(3)14-16-38/h5-12,17-18,20H,4,13-16,19H2,1-3H3,(H,35,41)(H,36,42)/t20-/m0/s1. The van der Waals surface area contributed by atoms with Gasteiger partial charge in [-0.25, -0.2) is 4.39 Å². The van der Waals surface area contributed by atoms with Crippen LogP contribution in [-0.4, -0.2) is 67.7 Å². The van der Waals surface area contributed by atoms with Crippen molar-refractivity contribution < 1.29 is 23.5 Å². The van der Waals surface area contributed by atoms with Gasteiger partial charge in [0.15, 0.2) is 11.6 Å². The molecule has 1 saturated heterocycles. The molecule has 44 heavy (non-hydrogen) atoms. The predicted octanol–water partition coefficient (Wildman–Crippen LogP) is 4.75. The maximum absolute atomic E-state index is 15.6. The number of amides is 2. The van der Waals surface area contributed by atoms with Crippen molar-refractivity contribution in [1.29, 1.82) is 0 Å². The van der Waals surface area contributed by atoms with E-state index in [4.69, 9.17) is 9.47 Å². The number of ether oxygens (including phenoxy) is 2. The summed E-state index contributed by atoms with van der Waals surface area (Å²) in [5.74, 6) is -0.442. The van der Waals surface area contributed by atoms with Crippen molar-refractivity contribution in [1.82, 2.24) is 9.47 Å². The van der Waals surface area contributed by atoms with Crippen molar-refractivity contribution >= 4 is 39.8 Å². The molecule has 2 amide bonds. The van der Waals surface area contributed by atoms with Crippen LogP contribution in [0, 0.1) is 5.82 Å². The number of pyridine rings is 1. The summed E-state index contributed by atoms with van der Waals surface area (Å²) >= 11 is 0. The van der Waals surface area contributed by atoms with E-state index >= 15 is 4.39 Å². The number of hydrogen-bond acceptors (Lipinski definition) is 7. The third-order valence-corrected chi connectivity index (χ3v) is 8.03. The first kappa shape index (κ1) is 29.2. The van der Waals surface area contributed by atoms with Crippen molar-refractivity contribution in [3.05, 3.63) is 88.0 Å². The summed E-state index contributed by atoms with van der Waals surface area (Å²) in [5.41, 5.74) is 1.56. The van der Waals surface area contributed by atoms with Gasteiger partial charge in [-0.3, -0.25) is 14.4 Å². The Balaban J connectivity index is 1.24. The van der Waals surface area contributed by atoms with E-state index in [2.05, 4.69) is 15.5 Å². The summed E-state index contributed by atoms with van der Waals surface area (Å²) in [7, 11) is 2.02. The van der Waals surface area contributed by atoms with E-state index < -0.39 is 17.2 Å². The first-order valence-electron chi connectivity index (χ1n) is 14.7. The van der Waals surface area contributed by atoms with Gasteiger partial charge in [-0.05, 0) is 75.5 Å². The third kappa shape index (κ3) is 5.58. The molecule has 6 rings (SSSR count). The molecule has 0 unspecified atom stereocenters. The second-order valence-corrected chi connectivity index (χ2v) is 11.1. The summed E-state index contributed by atoms with van der Waals surface area (Å²) in [4.78, 5) is 43.8. The Bertz CT molecular complexity index is 1780. The fourth-order valence-electron chi connectivity index (χ4n) is 5.61. The summed E-state index contributed by atoms with van der Waals surface area (Å²) in [6, 6.07) is 14.4. The number of carbonyl (C=O) groups is 2. The van der Waals surface area contributed by atoms with Crippen LogP contribution in [0.25, 0.3) is 10.9 Å². The lowest BCUT2D eigenvalue weighted by Gasteiger charge is -2.37. The Morgan fingerprint density at radius 2 is 1.61 bits per heavy atom. The van der Waals surface area contributed by atoms with Gasteiger partial charge in [0.25, 0.3) is 11.8 Å². The minimum atomic E-state index is -0.629. The molecule has 1 fully saturated rings. The summed E-state index contributed by atoms with van der Waals surface area (Å²) < 4.78 is 28.9. The van der Waals surface area contributed by atoms with E-state index in [1.807, 2.05) is 30.4 Å². The lowest BCUT2D eigenvalue weighted by atomic mass is 10.0. The molecule has 3 heterocycles. The zero-order valence-corrected chi connectivity index (χ0v) is 24.9. The highest BCUT2D eigenvalue weighted by Gasteiger charge is 2.31. The molecule has 2 aliphatic rings. The van der Waals surface area contributed by atoms with Crippen molar-refractivity contribution in [3.63, 3.8) is 0 Å². The monoisotopic (exact) mass is 599 g/mol. The molecule has 228 valence electrons. The maximum atomic E-state index is 15.6. The predicted molar refractivity (Wildman–Crippen MR) is 168 cm³/mol. The van der Waals surface area contributed by atoms with E-state index in [1.54, 1.807) is 48.5 Å². The van der Waals surface area contributed by atoms with Gasteiger partial charge >= 0.3 is 0 Å². The van der Waals surface area contributed by atoms with E-state index in [0.29, 0.717) is 59.3 Å². The van der Waals surface area contributed by atoms with Gasteiger partial charge in [-0.1, -0.05) is 0 Å². The van der Waals surface area contributed by atoms with Crippen LogP contribution in [0.5, 0.6) is 11.5 Å². The molecule has 2 aliphatic heterocycles. The molecule has 1 aromatic heterocycles. The van der Waals surface area contributed by atoms with Gasteiger partial charge in [0.1, 0.15) is 23.6 Å². The number of piperazine rings is 1. The van der Waals surface area contributed by atoms with Gasteiger partial charge in [-0.15, -0.1) is 0 Å². The SMILES string of the molecule is CCOc1ccc(NC(=O)c2ccc(NC(=O)c3cn4c5c(c(N6CCN(C)CC6)c(F)cc5c3=O)OC[C@@H]4C)cc2)cc1. The van der Waals surface area contributed by atoms with Crippen molar-refractivity contribution in [3.8, 4) is 11.5 Å². The normalized spacial score (nSPS) is 16.4. The zero-order valence-electron chi connectivity index (χ0n) is 24.9. The number of halogens is 1. The van der Waals surface area contributed by atoms with Crippen LogP contribution >= 0.6 is 0 Å². The quantitative estimate of drug-likeness (QED) is 0.316. The molecular formula is C33H34FN5O5. The molecule has 10 nitrogen and oxygen atoms in total. The second-order valence-electron chi connectivity index (χ2n) is 11.1. The summed E-state index contributed by atoms with van der Waals surface area (Å²) in [5, 5.41) is 5.66. The molecule has 3 aromatic carbocycles. The van der Waals surface area contributed by atoms with Crippen LogP contribution in [0.1, 0.15) is 40.6 Å². The number of aromatic nitrogens is 1. The summed E-state index contributed by atoms with van der Waals surface area (Å²) in [6.45, 7) is 7.49. The molecular weight excluding hydrogens is 565 g/mol. The highest BCUT2D eigenvalue weighted by Crippen LogP contribution is 2.42. The van der Waals surface area contributed by atoms with Crippen LogP contribution in [0.4, 0.5) is 21.5 Å². The number of anilines is 3. The molecule has 0 radical (unpaired) electrons. The highest BCUT2D eigenvalue weighted by atomic mass is 19.1. The smallest absolute Gasteiger partial charge is 0.261 e. The minimum absolute atomic E-state index is 0.0934. The molecule has 0 saturated carbocycles. The average Bonchev–Trinajstić information content (AvgIpc) is 3.02. The molecule has 4 aromatic rings. The van der Waals surface area contributed by atoms with E-state index in [-0.39, 0.29) is 29.5 Å². The lowest BCUT2D eigenvalue weighted by molar-refractivity contribution is 0.101. The summed E-state index contributed by atoms with van der Waals surface area (Å²) in [6.07, 6.45) is 1.53. The number of benzene rings is 3. The van der Waals surface area contributed by atoms with Crippen molar-refractivity contribution in [2.45, 2.75) is 19.9 Å². The number of rotatable bonds is 7. The number of nitrogens with one attached hydrogen (secondary N) is 2. The van der Waals surface area contributed by atoms with Gasteiger partial charge in [-0.2, -0.15) is 0 Å². The number of hydrogen-bond donors (Lipinski definition) is 2. The van der Waals surface area contributed by atoms with Gasteiger partial charge in [0.05, 0.1) is 23.6 Å². The van der Waals surface area contributed by atoms with Crippen LogP contribution < -0.4 is 30.4 Å². The molecule has 2 N–H and O–H groups in total. The molecule has 0 bridgehead atoms. The topological polar surface area (TPSA) is 105 Å². The fraction of sp³-hybridized carbons (Fsp3) is 0.303. The van der Waals surface area contributed by atoms with E-state index in [0.717, 1.165) is 13.1 Å². The van der Waals surface area contributed by atoms with Crippen LogP contribution in [0.3, 0.4) is 0 Å². The Morgan fingerprint density at radius 3 is 2.27 bits per heavy atom. The Labute approximate surface area is 254 Å². The number of nitrogens with zero attached hydrogens (tertiary/aromatic N) is 3. The van der Waals surface area contributed by atoms with Gasteiger partial charge < -0.3 is 34.5 Å². The highest BCUT2D eigenvalue weighted by molar-refractivity contribution is 6.08. The van der Waals surface area contributed by atoms with E-state index in [9.17, 15) is 14.4 Å². The molecule has 11 heteroatoms. The zero-order chi connectivity index (χ0) is 31.0. The first-order valence-corrected chi connectivity index (χ1v) is 14.7. The van der Waals surface area contributed by atoms with Gasteiger partial charge in [0, 0.05) is 49.3 Å². The fourth-order valence-corrected chi connectivity index (χ4v) is 5.61. The van der Waals surface area contributed by atoms with Crippen LogP contribution in [0.15, 0.2) is 65.6 Å². The van der Waals surface area contributed by atoms with Gasteiger partial charge in [0.2, 0.25) is 5.43 Å². The maximum Gasteiger partial charge on any atom is 0.261 e. The van der Waals surface area contributed by atoms with Crippen molar-refractivity contribution in [2.75, 3.05) is 62.0 Å². The Hall–Kier alpha value is -4.90. The minimum Gasteiger partial charge on any atom is -0.494 e. The van der Waals surface area contributed by atoms with Crippen LogP contribution in [-0.2, 0) is 0 Å². The molecule has 0 spiro atoms. The van der Waals surface area contributed by atoms with Crippen LogP contribution in [0.2, 0.25) is 0 Å². The Morgan fingerprint density at radius 1 is 0.977 bits per heavy atom. The largest absolute Gasteiger partial charge is 0.494 e. The lowest BCUT2D eigenvalue weighted by Crippen LogP contribution is -2.45. The number of carbonyl (C=O) groups excluding carboxylic acids is 2. The average molecular weight is 600 g/mol. The molecule has 1 atom stereocenters. The first-order chi connectivity index (χ1) is 21.2. The Kier molecular flexibility index (Phi) is 7.96. The molecule has 0 aliphatic carbocycles. The third-order valence-electron chi connectivity index (χ3n) is 8.03. The number of likely N-dealkylation sites (N-methyl/N-ethyl adjacent to an activating group) is 1. The van der Waals surface area contributed by atoms with E-state index in [1.165, 1.54) is 12.3 Å². The second kappa shape index (κ2) is 12.0.